The second kappa shape index (κ2) is 5.65. The Morgan fingerprint density at radius 3 is 1.87 bits per heavy atom. The molecule has 3 rings (SSSR count). The summed E-state index contributed by atoms with van der Waals surface area (Å²) in [5, 5.41) is 10.0. The van der Waals surface area contributed by atoms with Crippen LogP contribution in [0.2, 0.25) is 10.0 Å². The van der Waals surface area contributed by atoms with Crippen molar-refractivity contribution in [3.8, 4) is 11.8 Å². The van der Waals surface area contributed by atoms with Gasteiger partial charge in [-0.1, -0.05) is 42.6 Å². The highest BCUT2D eigenvalue weighted by Gasteiger charge is 2.86. The summed E-state index contributed by atoms with van der Waals surface area (Å²) in [5.74, 6) is -5.59. The lowest BCUT2D eigenvalue weighted by atomic mass is 9.94. The van der Waals surface area contributed by atoms with Crippen molar-refractivity contribution < 1.29 is 41.4 Å². The second-order valence-electron chi connectivity index (χ2n) is 6.62. The van der Waals surface area contributed by atoms with E-state index in [1.54, 1.807) is 0 Å². The monoisotopic (exact) mass is 522 g/mol. The Bertz CT molecular complexity index is 1140. The van der Waals surface area contributed by atoms with Crippen molar-refractivity contribution in [3.63, 3.8) is 0 Å². The molecule has 1 saturated carbocycles. The van der Waals surface area contributed by atoms with Crippen molar-refractivity contribution in [2.45, 2.75) is 28.8 Å². The number of hydrogen-bond acceptors (Lipinski definition) is 3. The molecule has 17 heteroatoms. The molecule has 0 aliphatic heterocycles. The van der Waals surface area contributed by atoms with Crippen molar-refractivity contribution in [1.82, 2.24) is 9.78 Å². The van der Waals surface area contributed by atoms with E-state index in [4.69, 9.17) is 34.2 Å². The molecule has 0 amide bonds. The van der Waals surface area contributed by atoms with Crippen LogP contribution in [0.5, 0.6) is 0 Å². The predicted octanol–water partition coefficient (Wildman–Crippen LogP) is 7.13. The van der Waals surface area contributed by atoms with Crippen LogP contribution in [0, 0.1) is 11.3 Å². The number of rotatable bonds is 3. The van der Waals surface area contributed by atoms with Crippen LogP contribution in [-0.4, -0.2) is 21.9 Å². The Labute approximate surface area is 175 Å². The minimum absolute atomic E-state index is 0.121. The quantitative estimate of drug-likeness (QED) is 0.436. The number of benzene rings is 1. The van der Waals surface area contributed by atoms with Crippen molar-refractivity contribution in [2.24, 2.45) is 0 Å². The molecule has 1 atom stereocenters. The number of nitrogens with zero attached hydrogens (tertiary/aromatic N) is 3. The fraction of sp³-hybridized carbons (Fsp3) is 0.286. The van der Waals surface area contributed by atoms with Gasteiger partial charge < -0.3 is 5.73 Å². The zero-order valence-corrected chi connectivity index (χ0v) is 16.6. The molecular weight excluding hydrogens is 517 g/mol. The standard InChI is InChI=1S/C14H6Cl2F10N4S/c15-6-1-5(31(22,23,24,25)26)2-7(16)10(6)30-11(28)9(8(3-27)29-30)12(14(19,20)21)4-13(12,17)18/h1-2H,4,28H2. The van der Waals surface area contributed by atoms with E-state index < -0.39 is 71.9 Å². The topological polar surface area (TPSA) is 67.6 Å². The molecule has 1 fully saturated rings. The largest absolute Gasteiger partial charge is 0.404 e. The first kappa shape index (κ1) is 23.6. The molecule has 31 heavy (non-hydrogen) atoms. The number of aromatic nitrogens is 2. The molecular formula is C14H6Cl2F10N4S. The van der Waals surface area contributed by atoms with Crippen LogP contribution in [-0.2, 0) is 5.41 Å². The van der Waals surface area contributed by atoms with E-state index >= 15 is 0 Å². The van der Waals surface area contributed by atoms with Crippen LogP contribution in [0.3, 0.4) is 0 Å². The molecule has 0 bridgehead atoms. The molecule has 1 aromatic heterocycles. The van der Waals surface area contributed by atoms with Gasteiger partial charge in [0.1, 0.15) is 22.5 Å². The third-order valence-corrected chi connectivity index (χ3v) is 6.27. The van der Waals surface area contributed by atoms with Crippen molar-refractivity contribution in [3.05, 3.63) is 33.4 Å². The first-order chi connectivity index (χ1) is 13.6. The Hall–Kier alpha value is -2.05. The van der Waals surface area contributed by atoms with Crippen LogP contribution in [0.15, 0.2) is 17.0 Å². The zero-order chi connectivity index (χ0) is 24.1. The van der Waals surface area contributed by atoms with Crippen molar-refractivity contribution in [2.75, 3.05) is 5.73 Å². The molecule has 4 nitrogen and oxygen atoms in total. The van der Waals surface area contributed by atoms with E-state index in [1.807, 2.05) is 0 Å². The molecule has 2 aromatic rings. The SMILES string of the molecule is N#Cc1nn(-c2c(Cl)cc(S(F)(F)(F)(F)F)cc2Cl)c(N)c1C1(C(F)(F)F)CC1(F)F. The summed E-state index contributed by atoms with van der Waals surface area (Å²) in [5.41, 5.74) is -1.95. The normalized spacial score (nSPS) is 23.1. The first-order valence-corrected chi connectivity index (χ1v) is 10.3. The van der Waals surface area contributed by atoms with Crippen LogP contribution in [0.25, 0.3) is 5.69 Å². The molecule has 0 saturated heterocycles. The molecule has 2 N–H and O–H groups in total. The Morgan fingerprint density at radius 1 is 1.10 bits per heavy atom. The Morgan fingerprint density at radius 2 is 1.55 bits per heavy atom. The third-order valence-electron chi connectivity index (χ3n) is 4.57. The summed E-state index contributed by atoms with van der Waals surface area (Å²) in [6.45, 7) is 0. The van der Waals surface area contributed by atoms with Gasteiger partial charge in [0.25, 0.3) is 5.92 Å². The maximum Gasteiger partial charge on any atom is 0.404 e. The Kier molecular flexibility index (Phi) is 4.30. The molecule has 0 radical (unpaired) electrons. The average molecular weight is 523 g/mol. The summed E-state index contributed by atoms with van der Waals surface area (Å²) in [4.78, 5) is -2.52. The van der Waals surface area contributed by atoms with Crippen LogP contribution < -0.4 is 5.73 Å². The summed E-state index contributed by atoms with van der Waals surface area (Å²) in [6.07, 6.45) is -7.36. The molecule has 0 spiro atoms. The van der Waals surface area contributed by atoms with Gasteiger partial charge in [-0.2, -0.15) is 23.5 Å². The van der Waals surface area contributed by atoms with E-state index in [9.17, 15) is 41.4 Å². The maximum absolute atomic E-state index is 13.8. The van der Waals surface area contributed by atoms with Gasteiger partial charge in [-0.3, -0.25) is 0 Å². The smallest absolute Gasteiger partial charge is 0.383 e. The molecule has 1 aromatic carbocycles. The minimum Gasteiger partial charge on any atom is -0.383 e. The van der Waals surface area contributed by atoms with Gasteiger partial charge in [0.05, 0.1) is 15.6 Å². The molecule has 1 heterocycles. The van der Waals surface area contributed by atoms with E-state index in [1.165, 1.54) is 0 Å². The van der Waals surface area contributed by atoms with Crippen molar-refractivity contribution in [1.29, 1.82) is 5.26 Å². The number of nitrogen functional groups attached to an aromatic ring is 1. The van der Waals surface area contributed by atoms with E-state index in [0.29, 0.717) is 0 Å². The van der Waals surface area contributed by atoms with Gasteiger partial charge >= 0.3 is 16.4 Å². The number of nitriles is 1. The Balaban J connectivity index is 2.31. The maximum atomic E-state index is 13.8. The fourth-order valence-corrected chi connectivity index (χ4v) is 4.53. The number of nitrogens with two attached hydrogens (primary N) is 1. The van der Waals surface area contributed by atoms with E-state index in [-0.39, 0.29) is 16.8 Å². The first-order valence-electron chi connectivity index (χ1n) is 7.54. The number of hydrogen-bond donors (Lipinski definition) is 1. The fourth-order valence-electron chi connectivity index (χ4n) is 3.08. The van der Waals surface area contributed by atoms with E-state index in [2.05, 4.69) is 5.10 Å². The number of alkyl halides is 5. The van der Waals surface area contributed by atoms with Crippen LogP contribution in [0.4, 0.5) is 47.2 Å². The van der Waals surface area contributed by atoms with Gasteiger partial charge in [-0.15, -0.1) is 0 Å². The minimum atomic E-state index is -10.3. The highest BCUT2D eigenvalue weighted by Crippen LogP contribution is 3.02. The van der Waals surface area contributed by atoms with Gasteiger partial charge in [0.15, 0.2) is 11.1 Å². The lowest BCUT2D eigenvalue weighted by Crippen LogP contribution is -2.35. The lowest BCUT2D eigenvalue weighted by molar-refractivity contribution is -0.182. The zero-order valence-electron chi connectivity index (χ0n) is 14.2. The third kappa shape index (κ3) is 3.44. The summed E-state index contributed by atoms with van der Waals surface area (Å²) in [7, 11) is -10.3. The summed E-state index contributed by atoms with van der Waals surface area (Å²) < 4.78 is 133. The van der Waals surface area contributed by atoms with Crippen LogP contribution in [0.1, 0.15) is 17.7 Å². The van der Waals surface area contributed by atoms with Gasteiger partial charge in [-0.25, -0.2) is 13.5 Å². The highest BCUT2D eigenvalue weighted by molar-refractivity contribution is 8.45. The average Bonchev–Trinajstić information content (AvgIpc) is 2.98. The lowest BCUT2D eigenvalue weighted by Gasteiger charge is -2.40. The number of anilines is 1. The van der Waals surface area contributed by atoms with Gasteiger partial charge in [0, 0.05) is 6.42 Å². The summed E-state index contributed by atoms with van der Waals surface area (Å²) >= 11 is 11.2. The van der Waals surface area contributed by atoms with E-state index in [0.717, 1.165) is 6.07 Å². The molecule has 172 valence electrons. The van der Waals surface area contributed by atoms with Gasteiger partial charge in [0.2, 0.25) is 0 Å². The summed E-state index contributed by atoms with van der Waals surface area (Å²) in [6, 6.07) is 0.593. The molecule has 1 aliphatic carbocycles. The number of halogens is 12. The van der Waals surface area contributed by atoms with Crippen LogP contribution >= 0.6 is 33.4 Å². The van der Waals surface area contributed by atoms with Gasteiger partial charge in [-0.05, 0) is 12.1 Å². The highest BCUT2D eigenvalue weighted by atomic mass is 35.5. The van der Waals surface area contributed by atoms with Crippen molar-refractivity contribution >= 4 is 39.2 Å². The molecule has 1 unspecified atom stereocenters. The molecule has 1 aliphatic rings. The second-order valence-corrected chi connectivity index (χ2v) is 9.85. The predicted molar refractivity (Wildman–Crippen MR) is 91.4 cm³/mol.